The zero-order chi connectivity index (χ0) is 10.5. The van der Waals surface area contributed by atoms with Gasteiger partial charge < -0.3 is 0 Å². The van der Waals surface area contributed by atoms with Crippen molar-refractivity contribution in [3.8, 4) is 0 Å². The molecule has 0 radical (unpaired) electrons. The molecule has 2 aromatic carbocycles. The summed E-state index contributed by atoms with van der Waals surface area (Å²) >= 11 is 0. The first-order valence-electron chi connectivity index (χ1n) is 5.67. The van der Waals surface area contributed by atoms with Gasteiger partial charge >= 0.3 is 0 Å². The lowest BCUT2D eigenvalue weighted by Crippen LogP contribution is -2.08. The molecule has 1 atom stereocenters. The van der Waals surface area contributed by atoms with Crippen molar-refractivity contribution >= 4 is 5.71 Å². The second-order valence-electron chi connectivity index (χ2n) is 4.44. The third-order valence-electron chi connectivity index (χ3n) is 3.56. The van der Waals surface area contributed by atoms with E-state index in [4.69, 9.17) is 4.99 Å². The molecule has 0 amide bonds. The lowest BCUT2D eigenvalue weighted by molar-refractivity contribution is 0.864. The molecule has 0 N–H and O–H groups in total. The Bertz CT molecular complexity index is 610. The molecule has 2 aromatic rings. The lowest BCUT2D eigenvalue weighted by atomic mass is 9.95. The minimum atomic E-state index is 0.260. The molecule has 0 saturated heterocycles. The highest BCUT2D eigenvalue weighted by molar-refractivity contribution is 6.07. The summed E-state index contributed by atoms with van der Waals surface area (Å²) < 4.78 is 0. The fourth-order valence-corrected chi connectivity index (χ4v) is 2.81. The van der Waals surface area contributed by atoms with E-state index >= 15 is 0 Å². The molecule has 4 rings (SSSR count). The van der Waals surface area contributed by atoms with E-state index in [0.717, 1.165) is 6.42 Å². The smallest absolute Gasteiger partial charge is 0.101 e. The Morgan fingerprint density at radius 2 is 1.62 bits per heavy atom. The highest BCUT2D eigenvalue weighted by atomic mass is 14.9. The van der Waals surface area contributed by atoms with Crippen molar-refractivity contribution in [1.29, 1.82) is 0 Å². The van der Waals surface area contributed by atoms with Crippen LogP contribution >= 0.6 is 0 Å². The minimum absolute atomic E-state index is 0.260. The van der Waals surface area contributed by atoms with Crippen LogP contribution in [0.15, 0.2) is 53.5 Å². The quantitative estimate of drug-likeness (QED) is 0.626. The van der Waals surface area contributed by atoms with Gasteiger partial charge in [-0.1, -0.05) is 48.5 Å². The Hall–Kier alpha value is -1.89. The van der Waals surface area contributed by atoms with Gasteiger partial charge in [0, 0.05) is 17.7 Å². The van der Waals surface area contributed by atoms with Gasteiger partial charge in [-0.3, -0.25) is 4.99 Å². The standard InChI is InChI=1S/C15H11N/c1-2-6-11-10(5-1)9-14-12-7-3-4-8-13(12)15(11)16-14/h1-8,15H,9H2. The minimum Gasteiger partial charge on any atom is -0.276 e. The molecule has 0 fully saturated rings. The summed E-state index contributed by atoms with van der Waals surface area (Å²) in [5, 5.41) is 0. The van der Waals surface area contributed by atoms with Crippen molar-refractivity contribution in [2.24, 2.45) is 4.99 Å². The summed E-state index contributed by atoms with van der Waals surface area (Å²) in [6, 6.07) is 17.5. The van der Waals surface area contributed by atoms with E-state index < -0.39 is 0 Å². The van der Waals surface area contributed by atoms with Crippen molar-refractivity contribution in [2.45, 2.75) is 12.5 Å². The number of fused-ring (bicyclic) bond motifs is 6. The van der Waals surface area contributed by atoms with Gasteiger partial charge in [0.05, 0.1) is 0 Å². The second-order valence-corrected chi connectivity index (χ2v) is 4.44. The van der Waals surface area contributed by atoms with Crippen molar-refractivity contribution in [1.82, 2.24) is 0 Å². The summed E-state index contributed by atoms with van der Waals surface area (Å²) in [6.07, 6.45) is 0.990. The van der Waals surface area contributed by atoms with Crippen LogP contribution in [0.2, 0.25) is 0 Å². The molecule has 2 aliphatic rings. The first-order valence-corrected chi connectivity index (χ1v) is 5.67. The maximum absolute atomic E-state index is 4.82. The van der Waals surface area contributed by atoms with E-state index in [1.54, 1.807) is 0 Å². The van der Waals surface area contributed by atoms with Crippen molar-refractivity contribution in [3.05, 3.63) is 70.8 Å². The van der Waals surface area contributed by atoms with Gasteiger partial charge in [-0.05, 0) is 16.7 Å². The topological polar surface area (TPSA) is 12.4 Å². The monoisotopic (exact) mass is 205 g/mol. The summed E-state index contributed by atoms with van der Waals surface area (Å²) in [6.45, 7) is 0. The summed E-state index contributed by atoms with van der Waals surface area (Å²) in [7, 11) is 0. The number of hydrogen-bond donors (Lipinski definition) is 0. The predicted molar refractivity (Wildman–Crippen MR) is 65.0 cm³/mol. The van der Waals surface area contributed by atoms with Crippen LogP contribution in [-0.4, -0.2) is 5.71 Å². The first kappa shape index (κ1) is 8.28. The number of nitrogens with zero attached hydrogens (tertiary/aromatic N) is 1. The molecule has 0 saturated carbocycles. The summed E-state index contributed by atoms with van der Waals surface area (Å²) in [5.74, 6) is 0. The number of benzene rings is 2. The molecule has 2 heterocycles. The van der Waals surface area contributed by atoms with Crippen molar-refractivity contribution in [2.75, 3.05) is 0 Å². The zero-order valence-electron chi connectivity index (χ0n) is 8.85. The Morgan fingerprint density at radius 3 is 2.56 bits per heavy atom. The van der Waals surface area contributed by atoms with Crippen LogP contribution in [-0.2, 0) is 6.42 Å². The Labute approximate surface area is 94.5 Å². The molecule has 1 heteroatoms. The SMILES string of the molecule is c1ccc2c(c1)CC1=NC2c2ccccc21. The lowest BCUT2D eigenvalue weighted by Gasteiger charge is -2.16. The van der Waals surface area contributed by atoms with Crippen LogP contribution in [0.1, 0.15) is 28.3 Å². The average molecular weight is 205 g/mol. The normalized spacial score (nSPS) is 20.0. The van der Waals surface area contributed by atoms with Crippen molar-refractivity contribution < 1.29 is 0 Å². The molecule has 0 spiro atoms. The fourth-order valence-electron chi connectivity index (χ4n) is 2.81. The van der Waals surface area contributed by atoms with Gasteiger partial charge in [0.25, 0.3) is 0 Å². The van der Waals surface area contributed by atoms with Crippen LogP contribution < -0.4 is 0 Å². The van der Waals surface area contributed by atoms with Gasteiger partial charge in [0.2, 0.25) is 0 Å². The Balaban J connectivity index is 2.01. The van der Waals surface area contributed by atoms with E-state index in [0.29, 0.717) is 0 Å². The van der Waals surface area contributed by atoms with Gasteiger partial charge in [-0.25, -0.2) is 0 Å². The largest absolute Gasteiger partial charge is 0.276 e. The number of aliphatic imine (C=N–C) groups is 1. The third-order valence-corrected chi connectivity index (χ3v) is 3.56. The molecule has 0 aromatic heterocycles. The molecule has 0 aliphatic carbocycles. The highest BCUT2D eigenvalue weighted by Crippen LogP contribution is 2.40. The maximum atomic E-state index is 4.82. The van der Waals surface area contributed by atoms with Crippen LogP contribution in [0, 0.1) is 0 Å². The predicted octanol–water partition coefficient (Wildman–Crippen LogP) is 3.13. The van der Waals surface area contributed by atoms with E-state index in [1.165, 1.54) is 28.0 Å². The molecule has 76 valence electrons. The van der Waals surface area contributed by atoms with E-state index in [-0.39, 0.29) is 6.04 Å². The van der Waals surface area contributed by atoms with Crippen LogP contribution in [0.3, 0.4) is 0 Å². The zero-order valence-corrected chi connectivity index (χ0v) is 8.85. The third kappa shape index (κ3) is 0.929. The van der Waals surface area contributed by atoms with Crippen LogP contribution in [0.25, 0.3) is 0 Å². The maximum Gasteiger partial charge on any atom is 0.101 e. The second kappa shape index (κ2) is 2.82. The Kier molecular flexibility index (Phi) is 1.46. The summed E-state index contributed by atoms with van der Waals surface area (Å²) in [5.41, 5.74) is 6.82. The summed E-state index contributed by atoms with van der Waals surface area (Å²) in [4.78, 5) is 4.82. The van der Waals surface area contributed by atoms with Gasteiger partial charge in [0.15, 0.2) is 0 Å². The highest BCUT2D eigenvalue weighted by Gasteiger charge is 2.31. The van der Waals surface area contributed by atoms with Gasteiger partial charge in [-0.2, -0.15) is 0 Å². The fraction of sp³-hybridized carbons (Fsp3) is 0.133. The first-order chi connectivity index (χ1) is 7.93. The number of rotatable bonds is 0. The van der Waals surface area contributed by atoms with Crippen LogP contribution in [0.4, 0.5) is 0 Å². The molecule has 16 heavy (non-hydrogen) atoms. The molecular formula is C15H11N. The molecule has 2 bridgehead atoms. The number of hydrogen-bond acceptors (Lipinski definition) is 1. The van der Waals surface area contributed by atoms with Gasteiger partial charge in [0.1, 0.15) is 6.04 Å². The van der Waals surface area contributed by atoms with Gasteiger partial charge in [-0.15, -0.1) is 0 Å². The van der Waals surface area contributed by atoms with E-state index in [9.17, 15) is 0 Å². The van der Waals surface area contributed by atoms with E-state index in [1.807, 2.05) is 0 Å². The molecular weight excluding hydrogens is 194 g/mol. The molecule has 1 nitrogen and oxygen atoms in total. The molecule has 2 aliphatic heterocycles. The Morgan fingerprint density at radius 1 is 0.875 bits per heavy atom. The molecule has 1 unspecified atom stereocenters. The van der Waals surface area contributed by atoms with Crippen molar-refractivity contribution in [3.63, 3.8) is 0 Å². The van der Waals surface area contributed by atoms with Crippen LogP contribution in [0.5, 0.6) is 0 Å². The van der Waals surface area contributed by atoms with E-state index in [2.05, 4.69) is 48.5 Å². The average Bonchev–Trinajstić information content (AvgIpc) is 2.65.